The van der Waals surface area contributed by atoms with Crippen LogP contribution in [0.5, 0.6) is 0 Å². The Morgan fingerprint density at radius 2 is 1.96 bits per heavy atom. The van der Waals surface area contributed by atoms with Gasteiger partial charge in [-0.1, -0.05) is 62.2 Å². The van der Waals surface area contributed by atoms with Crippen LogP contribution in [0, 0.1) is 5.92 Å². The molecular weight excluding hydrogens is 392 g/mol. The number of carbonyl (C=O) groups is 1. The zero-order valence-corrected chi connectivity index (χ0v) is 18.4. The van der Waals surface area contributed by atoms with E-state index in [2.05, 4.69) is 33.9 Å². The standard InChI is InChI=1S/C21H29ClN4OS/c1-14(2)12-13-23-20(27)15(3)28-21-25-24-19(17-10-6-7-11-18(17)22)26(21)16-8-4-5-9-16/h6-7,10-11,14-16H,4-5,8-9,12-13H2,1-3H3,(H,23,27). The van der Waals surface area contributed by atoms with Crippen LogP contribution in [0.25, 0.3) is 11.4 Å². The van der Waals surface area contributed by atoms with Crippen molar-refractivity contribution in [2.45, 2.75) is 69.3 Å². The van der Waals surface area contributed by atoms with Crippen LogP contribution in [0.4, 0.5) is 0 Å². The third-order valence-corrected chi connectivity index (χ3v) is 6.53. The van der Waals surface area contributed by atoms with Crippen molar-refractivity contribution in [1.29, 1.82) is 0 Å². The lowest BCUT2D eigenvalue weighted by atomic mass is 10.1. The maximum absolute atomic E-state index is 12.5. The van der Waals surface area contributed by atoms with Gasteiger partial charge in [-0.25, -0.2) is 0 Å². The molecule has 7 heteroatoms. The average molecular weight is 421 g/mol. The molecule has 5 nitrogen and oxygen atoms in total. The fourth-order valence-electron chi connectivity index (χ4n) is 3.51. The zero-order chi connectivity index (χ0) is 20.1. The quantitative estimate of drug-likeness (QED) is 0.584. The smallest absolute Gasteiger partial charge is 0.233 e. The summed E-state index contributed by atoms with van der Waals surface area (Å²) in [6.45, 7) is 6.95. The summed E-state index contributed by atoms with van der Waals surface area (Å²) >= 11 is 7.91. The van der Waals surface area contributed by atoms with Crippen molar-refractivity contribution in [3.05, 3.63) is 29.3 Å². The number of carbonyl (C=O) groups excluding carboxylic acids is 1. The molecule has 1 fully saturated rings. The summed E-state index contributed by atoms with van der Waals surface area (Å²) < 4.78 is 2.21. The van der Waals surface area contributed by atoms with Crippen LogP contribution in [0.15, 0.2) is 29.4 Å². The summed E-state index contributed by atoms with van der Waals surface area (Å²) in [6.07, 6.45) is 5.62. The molecule has 1 aliphatic carbocycles. The Morgan fingerprint density at radius 3 is 2.64 bits per heavy atom. The minimum absolute atomic E-state index is 0.0471. The number of hydrogen-bond donors (Lipinski definition) is 1. The number of nitrogens with one attached hydrogen (secondary N) is 1. The highest BCUT2D eigenvalue weighted by Crippen LogP contribution is 2.38. The normalized spacial score (nSPS) is 15.9. The van der Waals surface area contributed by atoms with Crippen LogP contribution in [0.3, 0.4) is 0 Å². The molecule has 1 atom stereocenters. The number of nitrogens with zero attached hydrogens (tertiary/aromatic N) is 3. The van der Waals surface area contributed by atoms with Gasteiger partial charge in [0, 0.05) is 18.2 Å². The van der Waals surface area contributed by atoms with Crippen molar-refractivity contribution in [2.75, 3.05) is 6.54 Å². The Labute approximate surface area is 176 Å². The van der Waals surface area contributed by atoms with Gasteiger partial charge in [0.1, 0.15) is 0 Å². The summed E-state index contributed by atoms with van der Waals surface area (Å²) in [5.74, 6) is 1.42. The summed E-state index contributed by atoms with van der Waals surface area (Å²) in [4.78, 5) is 12.5. The van der Waals surface area contributed by atoms with E-state index >= 15 is 0 Å². The van der Waals surface area contributed by atoms with Crippen LogP contribution in [-0.2, 0) is 4.79 Å². The lowest BCUT2D eigenvalue weighted by molar-refractivity contribution is -0.120. The number of rotatable bonds is 8. The van der Waals surface area contributed by atoms with Crippen LogP contribution in [0.1, 0.15) is 58.9 Å². The lowest BCUT2D eigenvalue weighted by Gasteiger charge is -2.19. The van der Waals surface area contributed by atoms with E-state index < -0.39 is 0 Å². The number of halogens is 1. The van der Waals surface area contributed by atoms with E-state index in [1.165, 1.54) is 24.6 Å². The van der Waals surface area contributed by atoms with Gasteiger partial charge in [0.2, 0.25) is 5.91 Å². The van der Waals surface area contributed by atoms with E-state index in [1.54, 1.807) is 0 Å². The number of aromatic nitrogens is 3. The van der Waals surface area contributed by atoms with Gasteiger partial charge < -0.3 is 5.32 Å². The third kappa shape index (κ3) is 5.09. The highest BCUT2D eigenvalue weighted by atomic mass is 35.5. The molecule has 1 N–H and O–H groups in total. The first-order valence-electron chi connectivity index (χ1n) is 10.1. The van der Waals surface area contributed by atoms with Gasteiger partial charge in [0.05, 0.1) is 10.3 Å². The van der Waals surface area contributed by atoms with Crippen molar-refractivity contribution in [1.82, 2.24) is 20.1 Å². The van der Waals surface area contributed by atoms with E-state index in [-0.39, 0.29) is 11.2 Å². The highest BCUT2D eigenvalue weighted by molar-refractivity contribution is 8.00. The molecule has 2 aromatic rings. The Hall–Kier alpha value is -1.53. The molecule has 1 aliphatic rings. The molecule has 1 amide bonds. The van der Waals surface area contributed by atoms with E-state index in [0.29, 0.717) is 23.5 Å². The molecule has 0 bridgehead atoms. The molecule has 1 unspecified atom stereocenters. The van der Waals surface area contributed by atoms with Crippen molar-refractivity contribution >= 4 is 29.3 Å². The monoisotopic (exact) mass is 420 g/mol. The Morgan fingerprint density at radius 1 is 1.25 bits per heavy atom. The number of amides is 1. The molecule has 0 aliphatic heterocycles. The first-order valence-corrected chi connectivity index (χ1v) is 11.4. The van der Waals surface area contributed by atoms with Gasteiger partial charge in [-0.2, -0.15) is 0 Å². The van der Waals surface area contributed by atoms with Crippen LogP contribution >= 0.6 is 23.4 Å². The van der Waals surface area contributed by atoms with E-state index in [1.807, 2.05) is 31.2 Å². The second-order valence-corrected chi connectivity index (χ2v) is 9.54. The third-order valence-electron chi connectivity index (χ3n) is 5.14. The number of hydrogen-bond acceptors (Lipinski definition) is 4. The predicted octanol–water partition coefficient (Wildman–Crippen LogP) is 5.36. The summed E-state index contributed by atoms with van der Waals surface area (Å²) in [7, 11) is 0. The van der Waals surface area contributed by atoms with Gasteiger partial charge in [0.15, 0.2) is 11.0 Å². The van der Waals surface area contributed by atoms with Gasteiger partial charge in [-0.15, -0.1) is 10.2 Å². The maximum Gasteiger partial charge on any atom is 0.233 e. The Balaban J connectivity index is 1.81. The fraction of sp³-hybridized carbons (Fsp3) is 0.571. The summed E-state index contributed by atoms with van der Waals surface area (Å²) in [6, 6.07) is 8.10. The molecule has 0 radical (unpaired) electrons. The second-order valence-electron chi connectivity index (χ2n) is 7.83. The molecule has 0 spiro atoms. The fourth-order valence-corrected chi connectivity index (χ4v) is 4.68. The van der Waals surface area contributed by atoms with Crippen molar-refractivity contribution in [3.8, 4) is 11.4 Å². The molecule has 0 saturated heterocycles. The van der Waals surface area contributed by atoms with Gasteiger partial charge in [-0.05, 0) is 44.2 Å². The first-order chi connectivity index (χ1) is 13.5. The molecule has 3 rings (SSSR count). The van der Waals surface area contributed by atoms with Crippen LogP contribution < -0.4 is 5.32 Å². The molecule has 1 aromatic heterocycles. The minimum Gasteiger partial charge on any atom is -0.355 e. The summed E-state index contributed by atoms with van der Waals surface area (Å²) in [5, 5.41) is 13.2. The molecule has 1 aromatic carbocycles. The maximum atomic E-state index is 12.5. The number of thioether (sulfide) groups is 1. The van der Waals surface area contributed by atoms with Crippen molar-refractivity contribution < 1.29 is 4.79 Å². The predicted molar refractivity (Wildman–Crippen MR) is 116 cm³/mol. The van der Waals surface area contributed by atoms with Crippen molar-refractivity contribution in [3.63, 3.8) is 0 Å². The summed E-state index contributed by atoms with van der Waals surface area (Å²) in [5.41, 5.74) is 0.893. The van der Waals surface area contributed by atoms with E-state index in [9.17, 15) is 4.79 Å². The minimum atomic E-state index is -0.226. The van der Waals surface area contributed by atoms with Gasteiger partial charge >= 0.3 is 0 Å². The number of benzene rings is 1. The largest absolute Gasteiger partial charge is 0.355 e. The van der Waals surface area contributed by atoms with Crippen LogP contribution in [0.2, 0.25) is 5.02 Å². The molecular formula is C21H29ClN4OS. The first kappa shape index (κ1) is 21.2. The van der Waals surface area contributed by atoms with E-state index in [0.717, 1.165) is 35.8 Å². The van der Waals surface area contributed by atoms with Crippen molar-refractivity contribution in [2.24, 2.45) is 5.92 Å². The zero-order valence-electron chi connectivity index (χ0n) is 16.8. The Bertz CT molecular complexity index is 801. The van der Waals surface area contributed by atoms with Gasteiger partial charge in [-0.3, -0.25) is 9.36 Å². The van der Waals surface area contributed by atoms with Gasteiger partial charge in [0.25, 0.3) is 0 Å². The molecule has 28 heavy (non-hydrogen) atoms. The lowest BCUT2D eigenvalue weighted by Crippen LogP contribution is -2.32. The average Bonchev–Trinajstić information content (AvgIpc) is 3.31. The second kappa shape index (κ2) is 9.79. The molecule has 1 saturated carbocycles. The highest BCUT2D eigenvalue weighted by Gasteiger charge is 2.27. The molecule has 1 heterocycles. The Kier molecular flexibility index (Phi) is 7.41. The van der Waals surface area contributed by atoms with E-state index in [4.69, 9.17) is 11.6 Å². The SMILES string of the molecule is CC(C)CCNC(=O)C(C)Sc1nnc(-c2ccccc2Cl)n1C1CCCC1. The van der Waals surface area contributed by atoms with Crippen LogP contribution in [-0.4, -0.2) is 32.5 Å². The topological polar surface area (TPSA) is 59.8 Å². The molecule has 152 valence electrons.